The van der Waals surface area contributed by atoms with E-state index < -0.39 is 0 Å². The molecule has 1 aromatic heterocycles. The number of carbonyl (C=O) groups excluding carboxylic acids is 2. The minimum absolute atomic E-state index is 0.0705. The van der Waals surface area contributed by atoms with Gasteiger partial charge in [-0.15, -0.1) is 11.3 Å². The van der Waals surface area contributed by atoms with E-state index in [1.165, 1.54) is 17.8 Å². The molecule has 1 saturated carbocycles. The molecule has 8 heteroatoms. The van der Waals surface area contributed by atoms with E-state index >= 15 is 0 Å². The van der Waals surface area contributed by atoms with Crippen LogP contribution in [0.15, 0.2) is 11.6 Å². The smallest absolute Gasteiger partial charge is 0.245 e. The third kappa shape index (κ3) is 5.75. The lowest BCUT2D eigenvalue weighted by molar-refractivity contribution is -0.139. The number of nitrogens with one attached hydrogen (secondary N) is 1. The average Bonchev–Trinajstić information content (AvgIpc) is 3.19. The van der Waals surface area contributed by atoms with Crippen LogP contribution in [0.5, 0.6) is 0 Å². The first-order valence-corrected chi connectivity index (χ1v) is 10.4. The van der Waals surface area contributed by atoms with Crippen LogP contribution in [0.1, 0.15) is 32.1 Å². The van der Waals surface area contributed by atoms with Crippen molar-refractivity contribution in [1.82, 2.24) is 14.8 Å². The monoisotopic (exact) mass is 380 g/mol. The van der Waals surface area contributed by atoms with Gasteiger partial charge in [0.1, 0.15) is 0 Å². The van der Waals surface area contributed by atoms with Gasteiger partial charge in [0.05, 0.1) is 19.8 Å². The minimum atomic E-state index is -0.175. The minimum Gasteiger partial charge on any atom is -0.379 e. The summed E-state index contributed by atoms with van der Waals surface area (Å²) in [4.78, 5) is 33.5. The quantitative estimate of drug-likeness (QED) is 0.781. The Balaban J connectivity index is 1.57. The van der Waals surface area contributed by atoms with Crippen molar-refractivity contribution in [1.29, 1.82) is 0 Å². The maximum atomic E-state index is 13.0. The molecule has 2 amide bonds. The van der Waals surface area contributed by atoms with Crippen molar-refractivity contribution >= 4 is 28.3 Å². The zero-order valence-corrected chi connectivity index (χ0v) is 16.0. The Labute approximate surface area is 158 Å². The molecule has 0 spiro atoms. The van der Waals surface area contributed by atoms with Gasteiger partial charge >= 0.3 is 0 Å². The summed E-state index contributed by atoms with van der Waals surface area (Å²) in [5, 5.41) is 5.18. The molecule has 1 aliphatic heterocycles. The van der Waals surface area contributed by atoms with Crippen molar-refractivity contribution in [3.8, 4) is 0 Å². The molecule has 3 rings (SSSR count). The first-order valence-electron chi connectivity index (χ1n) is 9.50. The van der Waals surface area contributed by atoms with E-state index in [9.17, 15) is 9.59 Å². The van der Waals surface area contributed by atoms with E-state index in [-0.39, 0.29) is 24.3 Å². The molecule has 0 radical (unpaired) electrons. The number of amides is 2. The number of hydrogen-bond acceptors (Lipinski definition) is 6. The highest BCUT2D eigenvalue weighted by atomic mass is 32.1. The van der Waals surface area contributed by atoms with Gasteiger partial charge in [0.15, 0.2) is 5.13 Å². The van der Waals surface area contributed by atoms with E-state index in [0.29, 0.717) is 11.7 Å². The van der Waals surface area contributed by atoms with Crippen LogP contribution in [0.25, 0.3) is 0 Å². The molecule has 1 aromatic rings. The Morgan fingerprint density at radius 2 is 2.04 bits per heavy atom. The van der Waals surface area contributed by atoms with Crippen LogP contribution in [-0.4, -0.2) is 72.5 Å². The van der Waals surface area contributed by atoms with Crippen LogP contribution in [0.4, 0.5) is 5.13 Å². The first kappa shape index (κ1) is 19.3. The molecule has 1 aliphatic carbocycles. The number of morpholine rings is 1. The number of aromatic nitrogens is 1. The molecule has 0 atom stereocenters. The first-order chi connectivity index (χ1) is 12.7. The van der Waals surface area contributed by atoms with Gasteiger partial charge in [-0.3, -0.25) is 14.5 Å². The second-order valence-electron chi connectivity index (χ2n) is 6.93. The van der Waals surface area contributed by atoms with Gasteiger partial charge in [0, 0.05) is 43.7 Å². The maximum absolute atomic E-state index is 13.0. The Kier molecular flexibility index (Phi) is 7.40. The molecular weight excluding hydrogens is 352 g/mol. The van der Waals surface area contributed by atoms with Gasteiger partial charge in [0.2, 0.25) is 11.8 Å². The van der Waals surface area contributed by atoms with Crippen molar-refractivity contribution in [2.75, 3.05) is 51.3 Å². The second kappa shape index (κ2) is 9.99. The standard InChI is InChI=1S/C18H28N4O3S/c23-16(20-18-19-6-13-26-18)14-22(8-7-21-9-11-25-12-10-21)17(24)15-4-2-1-3-5-15/h6,13,15H,1-5,7-12,14H2,(H,19,20,23). The van der Waals surface area contributed by atoms with E-state index in [4.69, 9.17) is 4.74 Å². The maximum Gasteiger partial charge on any atom is 0.245 e. The Bertz CT molecular complexity index is 569. The highest BCUT2D eigenvalue weighted by Gasteiger charge is 2.27. The highest BCUT2D eigenvalue weighted by molar-refractivity contribution is 7.13. The molecule has 0 aromatic carbocycles. The summed E-state index contributed by atoms with van der Waals surface area (Å²) in [6.07, 6.45) is 6.98. The molecule has 2 fully saturated rings. The largest absolute Gasteiger partial charge is 0.379 e. The molecule has 1 saturated heterocycles. The van der Waals surface area contributed by atoms with Crippen LogP contribution >= 0.6 is 11.3 Å². The predicted octanol–water partition coefficient (Wildman–Crippen LogP) is 1.82. The Hall–Kier alpha value is -1.51. The fraction of sp³-hybridized carbons (Fsp3) is 0.722. The molecule has 26 heavy (non-hydrogen) atoms. The van der Waals surface area contributed by atoms with Gasteiger partial charge in [-0.2, -0.15) is 0 Å². The molecule has 2 heterocycles. The van der Waals surface area contributed by atoms with Crippen molar-refractivity contribution in [2.24, 2.45) is 5.92 Å². The van der Waals surface area contributed by atoms with Crippen LogP contribution in [0, 0.1) is 5.92 Å². The lowest BCUT2D eigenvalue weighted by Crippen LogP contribution is -2.47. The number of ether oxygens (including phenoxy) is 1. The van der Waals surface area contributed by atoms with E-state index in [2.05, 4.69) is 15.2 Å². The molecular formula is C18H28N4O3S. The number of rotatable bonds is 7. The number of carbonyl (C=O) groups is 2. The summed E-state index contributed by atoms with van der Waals surface area (Å²) in [7, 11) is 0. The van der Waals surface area contributed by atoms with Gasteiger partial charge < -0.3 is 15.0 Å². The molecule has 144 valence electrons. The summed E-state index contributed by atoms with van der Waals surface area (Å²) < 4.78 is 5.38. The van der Waals surface area contributed by atoms with Gasteiger partial charge in [-0.05, 0) is 12.8 Å². The number of anilines is 1. The summed E-state index contributed by atoms with van der Waals surface area (Å²) in [5.74, 6) is 0.0273. The molecule has 2 aliphatic rings. The topological polar surface area (TPSA) is 74.8 Å². The Morgan fingerprint density at radius 3 is 2.73 bits per heavy atom. The van der Waals surface area contributed by atoms with Crippen molar-refractivity contribution in [3.05, 3.63) is 11.6 Å². The van der Waals surface area contributed by atoms with Gasteiger partial charge in [-0.25, -0.2) is 4.98 Å². The van der Waals surface area contributed by atoms with Crippen LogP contribution in [0.2, 0.25) is 0 Å². The van der Waals surface area contributed by atoms with Crippen molar-refractivity contribution in [2.45, 2.75) is 32.1 Å². The summed E-state index contributed by atoms with van der Waals surface area (Å²) in [6, 6.07) is 0. The molecule has 7 nitrogen and oxygen atoms in total. The van der Waals surface area contributed by atoms with E-state index in [1.54, 1.807) is 11.1 Å². The molecule has 0 bridgehead atoms. The summed E-state index contributed by atoms with van der Waals surface area (Å²) in [6.45, 7) is 4.71. The summed E-state index contributed by atoms with van der Waals surface area (Å²) in [5.41, 5.74) is 0. The fourth-order valence-electron chi connectivity index (χ4n) is 3.58. The molecule has 0 unspecified atom stereocenters. The van der Waals surface area contributed by atoms with Crippen LogP contribution < -0.4 is 5.32 Å². The third-order valence-electron chi connectivity index (χ3n) is 5.07. The van der Waals surface area contributed by atoms with Crippen molar-refractivity contribution in [3.63, 3.8) is 0 Å². The Morgan fingerprint density at radius 1 is 1.27 bits per heavy atom. The second-order valence-corrected chi connectivity index (χ2v) is 7.83. The predicted molar refractivity (Wildman–Crippen MR) is 101 cm³/mol. The lowest BCUT2D eigenvalue weighted by atomic mass is 9.88. The normalized spacial score (nSPS) is 19.2. The average molecular weight is 381 g/mol. The zero-order chi connectivity index (χ0) is 18.2. The zero-order valence-electron chi connectivity index (χ0n) is 15.2. The number of thiazole rings is 1. The van der Waals surface area contributed by atoms with E-state index in [0.717, 1.165) is 58.5 Å². The lowest BCUT2D eigenvalue weighted by Gasteiger charge is -2.32. The highest BCUT2D eigenvalue weighted by Crippen LogP contribution is 2.25. The van der Waals surface area contributed by atoms with E-state index in [1.807, 2.05) is 5.38 Å². The number of hydrogen-bond donors (Lipinski definition) is 1. The number of nitrogens with zero attached hydrogens (tertiary/aromatic N) is 3. The van der Waals surface area contributed by atoms with Crippen LogP contribution in [0.3, 0.4) is 0 Å². The molecule has 1 N–H and O–H groups in total. The summed E-state index contributed by atoms with van der Waals surface area (Å²) >= 11 is 1.38. The van der Waals surface area contributed by atoms with Crippen LogP contribution in [-0.2, 0) is 14.3 Å². The van der Waals surface area contributed by atoms with Gasteiger partial charge in [0.25, 0.3) is 0 Å². The van der Waals surface area contributed by atoms with Gasteiger partial charge in [-0.1, -0.05) is 19.3 Å². The fourth-order valence-corrected chi connectivity index (χ4v) is 4.12. The third-order valence-corrected chi connectivity index (χ3v) is 5.76. The SMILES string of the molecule is O=C(CN(CCN1CCOCC1)C(=O)C1CCCCC1)Nc1nccs1. The van der Waals surface area contributed by atoms with Crippen molar-refractivity contribution < 1.29 is 14.3 Å².